The van der Waals surface area contributed by atoms with Crippen molar-refractivity contribution in [3.63, 3.8) is 0 Å². The minimum atomic E-state index is -4.35. The van der Waals surface area contributed by atoms with Crippen molar-refractivity contribution in [3.05, 3.63) is 71.4 Å². The molecule has 1 aromatic heterocycles. The van der Waals surface area contributed by atoms with Crippen LogP contribution in [0.1, 0.15) is 61.4 Å². The number of fused-ring (bicyclic) bond motifs is 1. The zero-order chi connectivity index (χ0) is 28.7. The van der Waals surface area contributed by atoms with Crippen molar-refractivity contribution in [2.75, 3.05) is 26.7 Å². The lowest BCUT2D eigenvalue weighted by Crippen LogP contribution is -2.41. The number of methoxy groups -OCH3 is 1. The molecule has 0 unspecified atom stereocenters. The lowest BCUT2D eigenvalue weighted by molar-refractivity contribution is -0.139. The molecule has 1 aliphatic heterocycles. The van der Waals surface area contributed by atoms with Crippen LogP contribution >= 0.6 is 0 Å². The summed E-state index contributed by atoms with van der Waals surface area (Å²) in [7, 11) is 1.56. The molecule has 216 valence electrons. The molecule has 1 N–H and O–H groups in total. The van der Waals surface area contributed by atoms with E-state index in [2.05, 4.69) is 9.88 Å². The number of rotatable bonds is 12. The third-order valence-corrected chi connectivity index (χ3v) is 7.97. The number of piperidine rings is 1. The molecule has 4 rings (SSSR count). The van der Waals surface area contributed by atoms with E-state index in [-0.39, 0.29) is 18.3 Å². The number of carbonyl (C=O) groups is 1. The number of carboxylic acids is 1. The number of unbranched alkanes of at least 4 members (excludes halogenated alkanes) is 1. The number of likely N-dealkylation sites (tertiary alicyclic amines) is 1. The summed E-state index contributed by atoms with van der Waals surface area (Å²) in [5.41, 5.74) is 1.30. The summed E-state index contributed by atoms with van der Waals surface area (Å²) in [5.74, 6) is -0.183. The number of hydrogen-bond donors (Lipinski definition) is 1. The maximum atomic E-state index is 15.5. The lowest BCUT2D eigenvalue weighted by Gasteiger charge is -2.38. The molecule has 9 heteroatoms. The fourth-order valence-corrected chi connectivity index (χ4v) is 5.83. The van der Waals surface area contributed by atoms with E-state index in [1.54, 1.807) is 37.6 Å². The number of aromatic nitrogens is 1. The number of ether oxygens (including phenoxy) is 1. The summed E-state index contributed by atoms with van der Waals surface area (Å²) in [4.78, 5) is 18.2. The summed E-state index contributed by atoms with van der Waals surface area (Å²) < 4.78 is 59.7. The molecule has 0 radical (unpaired) electrons. The molecule has 0 spiro atoms. The molecule has 0 amide bonds. The van der Waals surface area contributed by atoms with E-state index in [1.165, 1.54) is 12.1 Å². The Morgan fingerprint density at radius 1 is 1.15 bits per heavy atom. The molecular formula is C31H36F4N2O3. The summed E-state index contributed by atoms with van der Waals surface area (Å²) in [6, 6.07) is 12.5. The standard InChI is InChI=1S/C31H36F4N2O3/c1-40-25-9-11-29-27(19-25)26(12-14-36-29)28(32)10-8-22-13-16-37(20-23(22)18-30(38)39)15-3-2-5-21-6-4-7-24(17-21)31(33,34)35/h4,6-7,9,11-12,14,17,19,22-23,28H,2-3,5,8,10,13,15-16,18,20H2,1H3,(H,38,39)/t22-,23+,28-/m1/s1. The minimum absolute atomic E-state index is 0.0394. The van der Waals surface area contributed by atoms with Gasteiger partial charge in [0, 0.05) is 24.5 Å². The highest BCUT2D eigenvalue weighted by Crippen LogP contribution is 2.36. The van der Waals surface area contributed by atoms with Crippen LogP contribution in [0, 0.1) is 11.8 Å². The molecule has 1 fully saturated rings. The molecule has 1 saturated heterocycles. The summed E-state index contributed by atoms with van der Waals surface area (Å²) in [6.07, 6.45) is -0.0868. The van der Waals surface area contributed by atoms with Crippen molar-refractivity contribution in [2.24, 2.45) is 11.8 Å². The summed E-state index contributed by atoms with van der Waals surface area (Å²) >= 11 is 0. The third kappa shape index (κ3) is 7.93. The van der Waals surface area contributed by atoms with E-state index in [0.29, 0.717) is 48.2 Å². The van der Waals surface area contributed by atoms with Crippen molar-refractivity contribution < 1.29 is 32.2 Å². The Labute approximate surface area is 232 Å². The van der Waals surface area contributed by atoms with E-state index in [4.69, 9.17) is 4.74 Å². The number of nitrogens with zero attached hydrogens (tertiary/aromatic N) is 2. The molecule has 3 atom stereocenters. The highest BCUT2D eigenvalue weighted by Gasteiger charge is 2.32. The van der Waals surface area contributed by atoms with Crippen LogP contribution in [-0.2, 0) is 17.4 Å². The first-order valence-corrected chi connectivity index (χ1v) is 13.8. The van der Waals surface area contributed by atoms with Gasteiger partial charge in [0.05, 0.1) is 18.2 Å². The zero-order valence-corrected chi connectivity index (χ0v) is 22.7. The van der Waals surface area contributed by atoms with Gasteiger partial charge >= 0.3 is 12.1 Å². The largest absolute Gasteiger partial charge is 0.497 e. The van der Waals surface area contributed by atoms with Gasteiger partial charge in [-0.3, -0.25) is 9.78 Å². The first kappa shape index (κ1) is 29.8. The molecule has 1 aliphatic rings. The maximum absolute atomic E-state index is 15.5. The Balaban J connectivity index is 1.29. The SMILES string of the molecule is COc1ccc2nccc([C@H](F)CC[C@@H]3CCN(CCCCc4cccc(C(F)(F)F)c4)C[C@@H]3CC(=O)O)c2c1. The average molecular weight is 561 g/mol. The Morgan fingerprint density at radius 3 is 2.73 bits per heavy atom. The number of halogens is 4. The van der Waals surface area contributed by atoms with Gasteiger partial charge < -0.3 is 14.7 Å². The number of benzene rings is 2. The van der Waals surface area contributed by atoms with Crippen molar-refractivity contribution in [1.29, 1.82) is 0 Å². The van der Waals surface area contributed by atoms with Crippen molar-refractivity contribution in [2.45, 2.75) is 57.3 Å². The van der Waals surface area contributed by atoms with Crippen LogP contribution in [-0.4, -0.2) is 47.7 Å². The van der Waals surface area contributed by atoms with Crippen molar-refractivity contribution in [1.82, 2.24) is 9.88 Å². The molecule has 0 saturated carbocycles. The van der Waals surface area contributed by atoms with Crippen LogP contribution in [0.3, 0.4) is 0 Å². The molecule has 40 heavy (non-hydrogen) atoms. The van der Waals surface area contributed by atoms with Gasteiger partial charge in [0.15, 0.2) is 0 Å². The Kier molecular flexibility index (Phi) is 10.0. The van der Waals surface area contributed by atoms with Gasteiger partial charge in [0.1, 0.15) is 11.9 Å². The van der Waals surface area contributed by atoms with Crippen LogP contribution in [0.15, 0.2) is 54.7 Å². The average Bonchev–Trinajstić information content (AvgIpc) is 2.93. The van der Waals surface area contributed by atoms with Crippen LogP contribution in [0.25, 0.3) is 10.9 Å². The van der Waals surface area contributed by atoms with Crippen LogP contribution in [0.5, 0.6) is 5.75 Å². The monoisotopic (exact) mass is 560 g/mol. The van der Waals surface area contributed by atoms with E-state index >= 15 is 4.39 Å². The van der Waals surface area contributed by atoms with Crippen LogP contribution < -0.4 is 4.74 Å². The predicted octanol–water partition coefficient (Wildman–Crippen LogP) is 7.49. The van der Waals surface area contributed by atoms with Gasteiger partial charge in [-0.1, -0.05) is 18.2 Å². The van der Waals surface area contributed by atoms with Gasteiger partial charge in [-0.15, -0.1) is 0 Å². The van der Waals surface area contributed by atoms with Gasteiger partial charge in [0.25, 0.3) is 0 Å². The number of hydrogen-bond acceptors (Lipinski definition) is 4. The van der Waals surface area contributed by atoms with Crippen LogP contribution in [0.4, 0.5) is 17.6 Å². The van der Waals surface area contributed by atoms with E-state index < -0.39 is 23.9 Å². The Morgan fingerprint density at radius 2 is 1.98 bits per heavy atom. The van der Waals surface area contributed by atoms with Gasteiger partial charge in [-0.25, -0.2) is 4.39 Å². The molecule has 0 aliphatic carbocycles. The molecule has 2 aromatic carbocycles. The van der Waals surface area contributed by atoms with Crippen molar-refractivity contribution in [3.8, 4) is 5.75 Å². The maximum Gasteiger partial charge on any atom is 0.416 e. The number of carboxylic acid groups (broad SMARTS) is 1. The fourth-order valence-electron chi connectivity index (χ4n) is 5.83. The summed E-state index contributed by atoms with van der Waals surface area (Å²) in [6.45, 7) is 2.20. The highest BCUT2D eigenvalue weighted by molar-refractivity contribution is 5.83. The van der Waals surface area contributed by atoms with E-state index in [9.17, 15) is 23.1 Å². The minimum Gasteiger partial charge on any atom is -0.497 e. The number of aliphatic carboxylic acids is 1. The number of alkyl halides is 4. The number of aryl methyl sites for hydroxylation is 1. The van der Waals surface area contributed by atoms with E-state index in [1.807, 2.05) is 6.07 Å². The fraction of sp³-hybridized carbons (Fsp3) is 0.484. The first-order valence-electron chi connectivity index (χ1n) is 13.8. The Hall–Kier alpha value is -3.20. The molecule has 2 heterocycles. The highest BCUT2D eigenvalue weighted by atomic mass is 19.4. The van der Waals surface area contributed by atoms with Crippen LogP contribution in [0.2, 0.25) is 0 Å². The van der Waals surface area contributed by atoms with Gasteiger partial charge in [-0.05, 0) is 105 Å². The van der Waals surface area contributed by atoms with Crippen molar-refractivity contribution >= 4 is 16.9 Å². The second-order valence-corrected chi connectivity index (χ2v) is 10.7. The summed E-state index contributed by atoms with van der Waals surface area (Å²) in [5, 5.41) is 10.2. The second-order valence-electron chi connectivity index (χ2n) is 10.7. The third-order valence-electron chi connectivity index (χ3n) is 7.97. The molecule has 0 bridgehead atoms. The molecular weight excluding hydrogens is 524 g/mol. The normalized spacial score (nSPS) is 19.0. The number of pyridine rings is 1. The topological polar surface area (TPSA) is 62.7 Å². The second kappa shape index (κ2) is 13.4. The molecule has 5 nitrogen and oxygen atoms in total. The molecule has 3 aromatic rings. The van der Waals surface area contributed by atoms with Gasteiger partial charge in [0.2, 0.25) is 0 Å². The first-order chi connectivity index (χ1) is 19.1. The lowest BCUT2D eigenvalue weighted by atomic mass is 9.79. The Bertz CT molecular complexity index is 1280. The predicted molar refractivity (Wildman–Crippen MR) is 146 cm³/mol. The van der Waals surface area contributed by atoms with Gasteiger partial charge in [-0.2, -0.15) is 13.2 Å². The van der Waals surface area contributed by atoms with E-state index in [0.717, 1.165) is 43.8 Å². The zero-order valence-electron chi connectivity index (χ0n) is 22.7. The smallest absolute Gasteiger partial charge is 0.416 e. The quantitative estimate of drug-likeness (QED) is 0.184.